The molecule has 0 saturated heterocycles. The third-order valence-corrected chi connectivity index (χ3v) is 6.43. The second-order valence-electron chi connectivity index (χ2n) is 8.27. The zero-order valence-electron chi connectivity index (χ0n) is 17.2. The maximum Gasteiger partial charge on any atom is 0.211 e. The smallest absolute Gasteiger partial charge is 0.211 e. The zero-order chi connectivity index (χ0) is 20.5. The number of benzene rings is 4. The highest BCUT2D eigenvalue weighted by Crippen LogP contribution is 2.37. The molecule has 4 aromatic carbocycles. The Morgan fingerprint density at radius 2 is 1.32 bits per heavy atom. The third-order valence-electron chi connectivity index (χ3n) is 6.43. The van der Waals surface area contributed by atoms with Gasteiger partial charge in [0.05, 0.1) is 27.8 Å². The van der Waals surface area contributed by atoms with Crippen molar-refractivity contribution in [3.05, 3.63) is 96.6 Å². The third kappa shape index (κ3) is 2.22. The molecule has 3 heterocycles. The summed E-state index contributed by atoms with van der Waals surface area (Å²) in [7, 11) is 2.12. The zero-order valence-corrected chi connectivity index (χ0v) is 17.2. The van der Waals surface area contributed by atoms with Crippen LogP contribution in [-0.4, -0.2) is 21.2 Å². The lowest BCUT2D eigenvalue weighted by Crippen LogP contribution is -2.26. The summed E-state index contributed by atoms with van der Waals surface area (Å²) >= 11 is 0. The Labute approximate surface area is 179 Å². The van der Waals surface area contributed by atoms with Gasteiger partial charge in [0.1, 0.15) is 0 Å². The lowest BCUT2D eigenvalue weighted by atomic mass is 10.1. The van der Waals surface area contributed by atoms with Gasteiger partial charge in [-0.05, 0) is 48.0 Å². The molecule has 31 heavy (non-hydrogen) atoms. The highest BCUT2D eigenvalue weighted by molar-refractivity contribution is 6.09. The van der Waals surface area contributed by atoms with Crippen LogP contribution >= 0.6 is 0 Å². The van der Waals surface area contributed by atoms with Gasteiger partial charge in [-0.25, -0.2) is 4.98 Å². The number of anilines is 1. The molecule has 1 aliphatic heterocycles. The molecular formula is C27H20N4. The molecule has 0 radical (unpaired) electrons. The van der Waals surface area contributed by atoms with Gasteiger partial charge in [-0.2, -0.15) is 0 Å². The molecule has 6 aromatic rings. The largest absolute Gasteiger partial charge is 0.341 e. The van der Waals surface area contributed by atoms with Gasteiger partial charge in [-0.1, -0.05) is 48.5 Å². The molecule has 0 N–H and O–H groups in total. The van der Waals surface area contributed by atoms with Crippen molar-refractivity contribution in [2.45, 2.75) is 6.54 Å². The molecular weight excluding hydrogens is 380 g/mol. The lowest BCUT2D eigenvalue weighted by molar-refractivity contribution is 0.808. The first kappa shape index (κ1) is 16.7. The van der Waals surface area contributed by atoms with Gasteiger partial charge < -0.3 is 9.47 Å². The Kier molecular flexibility index (Phi) is 3.23. The molecule has 4 heteroatoms. The van der Waals surface area contributed by atoms with Crippen LogP contribution in [0.1, 0.15) is 5.56 Å². The number of hydrogen-bond donors (Lipinski definition) is 0. The maximum absolute atomic E-state index is 4.87. The second-order valence-corrected chi connectivity index (χ2v) is 8.27. The van der Waals surface area contributed by atoms with Crippen LogP contribution in [0.4, 0.5) is 5.95 Å². The molecule has 0 atom stereocenters. The van der Waals surface area contributed by atoms with Crippen molar-refractivity contribution in [1.29, 1.82) is 0 Å². The van der Waals surface area contributed by atoms with Crippen LogP contribution in [0.15, 0.2) is 91.0 Å². The van der Waals surface area contributed by atoms with E-state index in [4.69, 9.17) is 4.98 Å². The number of nitrogens with zero attached hydrogens (tertiary/aromatic N) is 4. The molecule has 2 aromatic heterocycles. The van der Waals surface area contributed by atoms with Crippen LogP contribution < -0.4 is 4.90 Å². The summed E-state index contributed by atoms with van der Waals surface area (Å²) in [6.07, 6.45) is 0. The number of fused-ring (bicyclic) bond motifs is 8. The summed E-state index contributed by atoms with van der Waals surface area (Å²) in [5.74, 6) is 0.998. The first-order chi connectivity index (χ1) is 15.3. The summed E-state index contributed by atoms with van der Waals surface area (Å²) in [6.45, 7) is 0.837. The Morgan fingerprint density at radius 1 is 0.677 bits per heavy atom. The van der Waals surface area contributed by atoms with E-state index in [1.54, 1.807) is 0 Å². The van der Waals surface area contributed by atoms with Gasteiger partial charge in [0.2, 0.25) is 5.95 Å². The van der Waals surface area contributed by atoms with E-state index in [1.807, 2.05) is 6.07 Å². The van der Waals surface area contributed by atoms with E-state index >= 15 is 0 Å². The van der Waals surface area contributed by atoms with Crippen LogP contribution in [0.2, 0.25) is 0 Å². The van der Waals surface area contributed by atoms with Crippen molar-refractivity contribution in [2.24, 2.45) is 0 Å². The van der Waals surface area contributed by atoms with Gasteiger partial charge in [0.25, 0.3) is 0 Å². The Bertz CT molecular complexity index is 1580. The molecule has 148 valence electrons. The van der Waals surface area contributed by atoms with Gasteiger partial charge >= 0.3 is 0 Å². The van der Waals surface area contributed by atoms with Crippen molar-refractivity contribution in [1.82, 2.24) is 14.1 Å². The highest BCUT2D eigenvalue weighted by Gasteiger charge is 2.24. The van der Waals surface area contributed by atoms with E-state index < -0.39 is 0 Å². The number of imidazole rings is 1. The fourth-order valence-electron chi connectivity index (χ4n) is 5.09. The topological polar surface area (TPSA) is 26.0 Å². The van der Waals surface area contributed by atoms with Crippen LogP contribution in [0.25, 0.3) is 44.2 Å². The molecule has 0 spiro atoms. The van der Waals surface area contributed by atoms with E-state index in [-0.39, 0.29) is 0 Å². The van der Waals surface area contributed by atoms with Gasteiger partial charge in [-0.3, -0.25) is 4.57 Å². The molecule has 7 rings (SSSR count). The quantitative estimate of drug-likeness (QED) is 0.335. The number of hydrogen-bond acceptors (Lipinski definition) is 2. The minimum atomic E-state index is 0.837. The number of rotatable bonds is 1. The van der Waals surface area contributed by atoms with Gasteiger partial charge in [-0.15, -0.1) is 0 Å². The van der Waals surface area contributed by atoms with E-state index in [1.165, 1.54) is 38.7 Å². The van der Waals surface area contributed by atoms with Crippen LogP contribution in [0.3, 0.4) is 0 Å². The van der Waals surface area contributed by atoms with E-state index in [0.29, 0.717) is 0 Å². The highest BCUT2D eigenvalue weighted by atomic mass is 15.3. The fourth-order valence-corrected chi connectivity index (χ4v) is 5.09. The van der Waals surface area contributed by atoms with E-state index in [9.17, 15) is 0 Å². The van der Waals surface area contributed by atoms with Crippen molar-refractivity contribution in [3.63, 3.8) is 0 Å². The van der Waals surface area contributed by atoms with Crippen molar-refractivity contribution < 1.29 is 0 Å². The number of aromatic nitrogens is 3. The molecule has 0 fully saturated rings. The predicted octanol–water partition coefficient (Wildman–Crippen LogP) is 6.07. The molecule has 0 bridgehead atoms. The van der Waals surface area contributed by atoms with Gasteiger partial charge in [0, 0.05) is 30.1 Å². The average molecular weight is 400 g/mol. The van der Waals surface area contributed by atoms with Crippen molar-refractivity contribution in [3.8, 4) is 11.4 Å². The Hall–Kier alpha value is -4.05. The lowest BCUT2D eigenvalue weighted by Gasteiger charge is -2.28. The van der Waals surface area contributed by atoms with Crippen LogP contribution in [0, 0.1) is 0 Å². The van der Waals surface area contributed by atoms with Crippen LogP contribution in [-0.2, 0) is 6.54 Å². The fraction of sp³-hybridized carbons (Fsp3) is 0.0741. The van der Waals surface area contributed by atoms with E-state index in [0.717, 1.165) is 23.5 Å². The SMILES string of the molecule is CN1Cc2cc(-n3c4ccccc4c4ccccc43)ccc2-n2c1nc1ccccc12. The van der Waals surface area contributed by atoms with Crippen molar-refractivity contribution in [2.75, 3.05) is 11.9 Å². The normalized spacial score (nSPS) is 13.1. The first-order valence-corrected chi connectivity index (χ1v) is 10.6. The summed E-state index contributed by atoms with van der Waals surface area (Å²) in [5, 5.41) is 2.58. The standard InChI is InChI=1S/C27H20N4/c1-29-17-18-16-19(14-15-23(18)31-26-13-7-4-10-22(26)28-27(29)31)30-24-11-5-2-8-20(24)21-9-3-6-12-25(21)30/h2-16H,17H2,1H3. The minimum absolute atomic E-state index is 0.837. The minimum Gasteiger partial charge on any atom is -0.341 e. The van der Waals surface area contributed by atoms with Gasteiger partial charge in [0.15, 0.2) is 0 Å². The molecule has 0 aliphatic carbocycles. The van der Waals surface area contributed by atoms with Crippen LogP contribution in [0.5, 0.6) is 0 Å². The molecule has 0 saturated carbocycles. The maximum atomic E-state index is 4.87. The summed E-state index contributed by atoms with van der Waals surface area (Å²) in [5.41, 5.74) is 8.36. The first-order valence-electron chi connectivity index (χ1n) is 10.6. The average Bonchev–Trinajstić information content (AvgIpc) is 3.36. The second kappa shape index (κ2) is 5.99. The molecule has 1 aliphatic rings. The summed E-state index contributed by atoms with van der Waals surface area (Å²) in [6, 6.07) is 32.5. The monoisotopic (exact) mass is 400 g/mol. The Morgan fingerprint density at radius 3 is 2.06 bits per heavy atom. The predicted molar refractivity (Wildman–Crippen MR) is 128 cm³/mol. The number of para-hydroxylation sites is 4. The Balaban J connectivity index is 1.51. The molecule has 0 unspecified atom stereocenters. The summed E-state index contributed by atoms with van der Waals surface area (Å²) in [4.78, 5) is 7.11. The summed E-state index contributed by atoms with van der Waals surface area (Å²) < 4.78 is 4.66. The molecule has 0 amide bonds. The van der Waals surface area contributed by atoms with Crippen molar-refractivity contribution >= 4 is 38.8 Å². The van der Waals surface area contributed by atoms with E-state index in [2.05, 4.69) is 106 Å². The molecule has 4 nitrogen and oxygen atoms in total.